The van der Waals surface area contributed by atoms with Crippen molar-refractivity contribution in [2.24, 2.45) is 0 Å². The van der Waals surface area contributed by atoms with Crippen LogP contribution in [0.4, 0.5) is 0 Å². The Kier molecular flexibility index (Phi) is 5.97. The Bertz CT molecular complexity index is 229. The standard InChI is InChI=1S/C7H13O5P/c1-9-7(10-2)5-6-13(8,11-3)12-4/h7H,1-4H3. The zero-order valence-electron chi connectivity index (χ0n) is 8.07. The van der Waals surface area contributed by atoms with E-state index >= 15 is 0 Å². The molecule has 0 aliphatic carbocycles. The third-order valence-corrected chi connectivity index (χ3v) is 2.59. The van der Waals surface area contributed by atoms with E-state index in [2.05, 4.69) is 20.6 Å². The molecule has 13 heavy (non-hydrogen) atoms. The second kappa shape index (κ2) is 6.14. The molecule has 0 unspecified atom stereocenters. The van der Waals surface area contributed by atoms with Gasteiger partial charge in [0.2, 0.25) is 6.29 Å². The molecule has 0 fully saturated rings. The summed E-state index contributed by atoms with van der Waals surface area (Å²) >= 11 is 0. The molecule has 76 valence electrons. The van der Waals surface area contributed by atoms with E-state index in [1.165, 1.54) is 28.4 Å². The summed E-state index contributed by atoms with van der Waals surface area (Å²) in [7, 11) is 2.08. The van der Waals surface area contributed by atoms with Gasteiger partial charge in [-0.05, 0) is 5.92 Å². The van der Waals surface area contributed by atoms with Gasteiger partial charge in [0.15, 0.2) is 0 Å². The number of ether oxygens (including phenoxy) is 2. The normalized spacial score (nSPS) is 11.2. The molecule has 0 aromatic rings. The van der Waals surface area contributed by atoms with Gasteiger partial charge in [0.25, 0.3) is 0 Å². The molecule has 5 nitrogen and oxygen atoms in total. The van der Waals surface area contributed by atoms with Gasteiger partial charge in [-0.1, -0.05) is 0 Å². The molecular formula is C7H13O5P. The van der Waals surface area contributed by atoms with Gasteiger partial charge in [-0.25, -0.2) is 4.57 Å². The van der Waals surface area contributed by atoms with Gasteiger partial charge in [-0.2, -0.15) is 0 Å². The molecule has 0 saturated heterocycles. The zero-order valence-corrected chi connectivity index (χ0v) is 8.96. The number of methoxy groups -OCH3 is 2. The first-order valence-electron chi connectivity index (χ1n) is 3.41. The maximum Gasteiger partial charge on any atom is 0.405 e. The van der Waals surface area contributed by atoms with E-state index in [1.807, 2.05) is 0 Å². The highest BCUT2D eigenvalue weighted by Gasteiger charge is 2.17. The predicted molar refractivity (Wildman–Crippen MR) is 47.2 cm³/mol. The van der Waals surface area contributed by atoms with Crippen molar-refractivity contribution in [1.82, 2.24) is 0 Å². The van der Waals surface area contributed by atoms with Crippen molar-refractivity contribution in [3.8, 4) is 11.6 Å². The van der Waals surface area contributed by atoms with Crippen LogP contribution in [-0.4, -0.2) is 34.7 Å². The smallest absolute Gasteiger partial charge is 0.345 e. The van der Waals surface area contributed by atoms with Crippen molar-refractivity contribution < 1.29 is 23.1 Å². The van der Waals surface area contributed by atoms with Crippen LogP contribution in [-0.2, 0) is 23.1 Å². The van der Waals surface area contributed by atoms with Crippen LogP contribution in [0.1, 0.15) is 0 Å². The van der Waals surface area contributed by atoms with Crippen LogP contribution in [0.25, 0.3) is 0 Å². The topological polar surface area (TPSA) is 54.0 Å². The summed E-state index contributed by atoms with van der Waals surface area (Å²) in [5.41, 5.74) is 2.31. The Hall–Kier alpha value is -0.370. The average Bonchev–Trinajstić information content (AvgIpc) is 2.19. The van der Waals surface area contributed by atoms with Gasteiger partial charge in [-0.3, -0.25) is 0 Å². The van der Waals surface area contributed by atoms with Crippen molar-refractivity contribution >= 4 is 7.60 Å². The van der Waals surface area contributed by atoms with Gasteiger partial charge in [0.1, 0.15) is 0 Å². The van der Waals surface area contributed by atoms with Crippen molar-refractivity contribution in [2.75, 3.05) is 28.4 Å². The van der Waals surface area contributed by atoms with E-state index in [-0.39, 0.29) is 0 Å². The summed E-state index contributed by atoms with van der Waals surface area (Å²) in [4.78, 5) is 0. The first kappa shape index (κ1) is 12.6. The third kappa shape index (κ3) is 4.41. The van der Waals surface area contributed by atoms with Crippen molar-refractivity contribution in [3.63, 3.8) is 0 Å². The number of rotatable bonds is 4. The lowest BCUT2D eigenvalue weighted by Crippen LogP contribution is -2.09. The molecule has 6 heteroatoms. The van der Waals surface area contributed by atoms with Crippen molar-refractivity contribution in [2.45, 2.75) is 6.29 Å². The summed E-state index contributed by atoms with van der Waals surface area (Å²) in [5.74, 6) is 2.45. The maximum atomic E-state index is 11.4. The molecule has 0 bridgehead atoms. The molecule has 0 saturated carbocycles. The molecule has 0 aliphatic rings. The lowest BCUT2D eigenvalue weighted by molar-refractivity contribution is -0.0595. The van der Waals surface area contributed by atoms with E-state index in [0.717, 1.165) is 0 Å². The molecule has 0 heterocycles. The fraction of sp³-hybridized carbons (Fsp3) is 0.714. The van der Waals surface area contributed by atoms with E-state index in [1.54, 1.807) is 0 Å². The van der Waals surface area contributed by atoms with Gasteiger partial charge in [0.05, 0.1) is 0 Å². The zero-order chi connectivity index (χ0) is 10.3. The minimum Gasteiger partial charge on any atom is -0.345 e. The summed E-state index contributed by atoms with van der Waals surface area (Å²) in [6.07, 6.45) is -0.723. The Morgan fingerprint density at radius 2 is 1.54 bits per heavy atom. The highest BCUT2D eigenvalue weighted by atomic mass is 31.2. The number of hydrogen-bond acceptors (Lipinski definition) is 5. The third-order valence-electron chi connectivity index (χ3n) is 1.23. The number of hydrogen-bond donors (Lipinski definition) is 0. The van der Waals surface area contributed by atoms with Gasteiger partial charge in [0, 0.05) is 34.1 Å². The predicted octanol–water partition coefficient (Wildman–Crippen LogP) is 1.05. The van der Waals surface area contributed by atoms with Crippen LogP contribution in [0, 0.1) is 11.6 Å². The van der Waals surface area contributed by atoms with E-state index in [4.69, 9.17) is 9.47 Å². The van der Waals surface area contributed by atoms with E-state index in [0.29, 0.717) is 0 Å². The molecule has 0 aromatic carbocycles. The Balaban J connectivity index is 4.44. The Labute approximate surface area is 77.8 Å². The molecule has 0 amide bonds. The van der Waals surface area contributed by atoms with Gasteiger partial charge in [-0.15, -0.1) is 0 Å². The van der Waals surface area contributed by atoms with Crippen LogP contribution in [0.2, 0.25) is 0 Å². The molecule has 0 aliphatic heterocycles. The minimum absolute atomic E-state index is 0.723. The average molecular weight is 208 g/mol. The Morgan fingerprint density at radius 1 is 1.08 bits per heavy atom. The lowest BCUT2D eigenvalue weighted by Gasteiger charge is -2.07. The molecule has 0 N–H and O–H groups in total. The van der Waals surface area contributed by atoms with Crippen LogP contribution >= 0.6 is 7.60 Å². The van der Waals surface area contributed by atoms with Gasteiger partial charge < -0.3 is 18.5 Å². The van der Waals surface area contributed by atoms with E-state index < -0.39 is 13.9 Å². The minimum atomic E-state index is -3.28. The monoisotopic (exact) mass is 208 g/mol. The summed E-state index contributed by atoms with van der Waals surface area (Å²) in [5, 5.41) is 0. The van der Waals surface area contributed by atoms with Gasteiger partial charge >= 0.3 is 7.60 Å². The second-order valence-corrected chi connectivity index (χ2v) is 3.87. The SMILES string of the molecule is COC(C#CP(=O)(OC)OC)OC. The summed E-state index contributed by atoms with van der Waals surface area (Å²) in [6.45, 7) is 0. The summed E-state index contributed by atoms with van der Waals surface area (Å²) < 4.78 is 30.0. The van der Waals surface area contributed by atoms with Crippen LogP contribution in [0.15, 0.2) is 0 Å². The molecular weight excluding hydrogens is 195 g/mol. The molecule has 0 spiro atoms. The van der Waals surface area contributed by atoms with Crippen LogP contribution in [0.3, 0.4) is 0 Å². The molecule has 0 atom stereocenters. The lowest BCUT2D eigenvalue weighted by atomic mass is 10.7. The van der Waals surface area contributed by atoms with Crippen LogP contribution < -0.4 is 0 Å². The maximum absolute atomic E-state index is 11.4. The first-order chi connectivity index (χ1) is 6.11. The Morgan fingerprint density at radius 3 is 1.85 bits per heavy atom. The highest BCUT2D eigenvalue weighted by molar-refractivity contribution is 7.59. The van der Waals surface area contributed by atoms with Crippen LogP contribution in [0.5, 0.6) is 0 Å². The molecule has 0 aromatic heterocycles. The summed E-state index contributed by atoms with van der Waals surface area (Å²) in [6, 6.07) is 0. The van der Waals surface area contributed by atoms with E-state index in [9.17, 15) is 4.57 Å². The fourth-order valence-electron chi connectivity index (χ4n) is 0.512. The quantitative estimate of drug-likeness (QED) is 0.392. The first-order valence-corrected chi connectivity index (χ1v) is 4.96. The fourth-order valence-corrected chi connectivity index (χ4v) is 1.11. The van der Waals surface area contributed by atoms with Crippen molar-refractivity contribution in [3.05, 3.63) is 0 Å². The van der Waals surface area contributed by atoms with Crippen molar-refractivity contribution in [1.29, 1.82) is 0 Å². The second-order valence-electron chi connectivity index (χ2n) is 1.92. The molecule has 0 rings (SSSR count). The highest BCUT2D eigenvalue weighted by Crippen LogP contribution is 2.44. The largest absolute Gasteiger partial charge is 0.405 e. The molecule has 0 radical (unpaired) electrons.